The summed E-state index contributed by atoms with van der Waals surface area (Å²) in [5, 5.41) is 8.04. The molecule has 0 radical (unpaired) electrons. The number of thiophene rings is 1. The number of ether oxygens (including phenoxy) is 1. The minimum absolute atomic E-state index is 0.287. The molecule has 0 bridgehead atoms. The van der Waals surface area contributed by atoms with E-state index in [0.717, 1.165) is 15.8 Å². The van der Waals surface area contributed by atoms with E-state index < -0.39 is 0 Å². The molecule has 0 atom stereocenters. The van der Waals surface area contributed by atoms with Crippen molar-refractivity contribution in [3.63, 3.8) is 0 Å². The Morgan fingerprint density at radius 2 is 2.16 bits per heavy atom. The third-order valence-electron chi connectivity index (χ3n) is 3.37. The van der Waals surface area contributed by atoms with Gasteiger partial charge in [-0.1, -0.05) is 35.8 Å². The Kier molecular flexibility index (Phi) is 7.87. The Morgan fingerprint density at radius 1 is 1.36 bits per heavy atom. The van der Waals surface area contributed by atoms with Crippen LogP contribution in [0.4, 0.5) is 0 Å². The quantitative estimate of drug-likeness (QED) is 0.610. The summed E-state index contributed by atoms with van der Waals surface area (Å²) in [6.45, 7) is 5.43. The monoisotopic (exact) mass is 440 g/mol. The number of halogens is 1. The summed E-state index contributed by atoms with van der Waals surface area (Å²) in [5.74, 6) is 0.814. The van der Waals surface area contributed by atoms with Crippen LogP contribution < -0.4 is 15.4 Å². The summed E-state index contributed by atoms with van der Waals surface area (Å²) < 4.78 is 6.59. The summed E-state index contributed by atoms with van der Waals surface area (Å²) in [7, 11) is 0. The molecule has 4 nitrogen and oxygen atoms in total. The molecule has 2 N–H and O–H groups in total. The van der Waals surface area contributed by atoms with Crippen LogP contribution in [0.3, 0.4) is 0 Å². The SMILES string of the molecule is CC(C)CCOc1ccc(Br)cc1C(=O)NC(=S)NCc1cccs1. The van der Waals surface area contributed by atoms with Crippen LogP contribution in [0.15, 0.2) is 40.2 Å². The first-order chi connectivity index (χ1) is 12.0. The lowest BCUT2D eigenvalue weighted by molar-refractivity contribution is 0.0972. The highest BCUT2D eigenvalue weighted by Crippen LogP contribution is 2.23. The highest BCUT2D eigenvalue weighted by atomic mass is 79.9. The fourth-order valence-corrected chi connectivity index (χ4v) is 3.18. The highest BCUT2D eigenvalue weighted by molar-refractivity contribution is 9.10. The molecule has 0 unspecified atom stereocenters. The number of carbonyl (C=O) groups excluding carboxylic acids is 1. The van der Waals surface area contributed by atoms with Crippen LogP contribution >= 0.6 is 39.5 Å². The molecule has 134 valence electrons. The maximum atomic E-state index is 12.5. The molecule has 0 saturated heterocycles. The molecule has 0 aliphatic rings. The van der Waals surface area contributed by atoms with Gasteiger partial charge in [0.1, 0.15) is 5.75 Å². The van der Waals surface area contributed by atoms with Gasteiger partial charge in [0, 0.05) is 9.35 Å². The summed E-state index contributed by atoms with van der Waals surface area (Å²) in [4.78, 5) is 13.7. The molecular weight excluding hydrogens is 420 g/mol. The Bertz CT molecular complexity index is 718. The van der Waals surface area contributed by atoms with Crippen LogP contribution in [0.5, 0.6) is 5.75 Å². The van der Waals surface area contributed by atoms with Gasteiger partial charge in [-0.2, -0.15) is 0 Å². The van der Waals surface area contributed by atoms with Gasteiger partial charge in [-0.05, 0) is 54.2 Å². The van der Waals surface area contributed by atoms with Crippen LogP contribution in [0, 0.1) is 5.92 Å². The standard InChI is InChI=1S/C18H21BrN2O2S2/c1-12(2)7-8-23-16-6-5-13(19)10-15(16)17(22)21-18(24)20-11-14-4-3-9-25-14/h3-6,9-10,12H,7-8,11H2,1-2H3,(H2,20,21,22,24). The van der Waals surface area contributed by atoms with E-state index in [9.17, 15) is 4.79 Å². The van der Waals surface area contributed by atoms with Crippen LogP contribution in [-0.2, 0) is 6.54 Å². The van der Waals surface area contributed by atoms with E-state index in [1.807, 2.05) is 23.6 Å². The maximum absolute atomic E-state index is 12.5. The predicted octanol–water partition coefficient (Wildman–Crippen LogP) is 4.74. The van der Waals surface area contributed by atoms with Gasteiger partial charge < -0.3 is 10.1 Å². The van der Waals surface area contributed by atoms with Gasteiger partial charge in [-0.25, -0.2) is 0 Å². The third-order valence-corrected chi connectivity index (χ3v) is 4.99. The largest absolute Gasteiger partial charge is 0.493 e. The van der Waals surface area contributed by atoms with Crippen molar-refractivity contribution in [2.45, 2.75) is 26.8 Å². The van der Waals surface area contributed by atoms with E-state index in [-0.39, 0.29) is 5.91 Å². The van der Waals surface area contributed by atoms with E-state index in [1.54, 1.807) is 23.5 Å². The van der Waals surface area contributed by atoms with Gasteiger partial charge in [0.25, 0.3) is 5.91 Å². The topological polar surface area (TPSA) is 50.4 Å². The van der Waals surface area contributed by atoms with Crippen molar-refractivity contribution in [1.29, 1.82) is 0 Å². The Hall–Kier alpha value is -1.44. The summed E-state index contributed by atoms with van der Waals surface area (Å²) in [5.41, 5.74) is 0.457. The number of carbonyl (C=O) groups is 1. The molecule has 0 spiro atoms. The Labute approximate surface area is 166 Å². The van der Waals surface area contributed by atoms with Gasteiger partial charge in [0.15, 0.2) is 5.11 Å². The second-order valence-electron chi connectivity index (χ2n) is 5.89. The van der Waals surface area contributed by atoms with Crippen molar-refractivity contribution in [3.05, 3.63) is 50.6 Å². The molecule has 0 saturated carbocycles. The predicted molar refractivity (Wildman–Crippen MR) is 110 cm³/mol. The highest BCUT2D eigenvalue weighted by Gasteiger charge is 2.15. The lowest BCUT2D eigenvalue weighted by atomic mass is 10.1. The molecule has 2 rings (SSSR count). The van der Waals surface area contributed by atoms with Crippen molar-refractivity contribution in [1.82, 2.24) is 10.6 Å². The van der Waals surface area contributed by atoms with Crippen LogP contribution in [0.25, 0.3) is 0 Å². The van der Waals surface area contributed by atoms with Crippen molar-refractivity contribution in [3.8, 4) is 5.75 Å². The minimum Gasteiger partial charge on any atom is -0.493 e. The maximum Gasteiger partial charge on any atom is 0.261 e. The van der Waals surface area contributed by atoms with E-state index in [1.165, 1.54) is 0 Å². The van der Waals surface area contributed by atoms with Crippen LogP contribution in [0.2, 0.25) is 0 Å². The van der Waals surface area contributed by atoms with Crippen LogP contribution in [-0.4, -0.2) is 17.6 Å². The zero-order chi connectivity index (χ0) is 18.2. The average molecular weight is 441 g/mol. The van der Waals surface area contributed by atoms with Crippen molar-refractivity contribution >= 4 is 50.5 Å². The first-order valence-corrected chi connectivity index (χ1v) is 10.1. The smallest absolute Gasteiger partial charge is 0.261 e. The summed E-state index contributed by atoms with van der Waals surface area (Å²) in [6.07, 6.45) is 0.928. The fraction of sp³-hybridized carbons (Fsp3) is 0.333. The van der Waals surface area contributed by atoms with Gasteiger partial charge in [0.2, 0.25) is 0 Å². The van der Waals surface area contributed by atoms with E-state index in [2.05, 4.69) is 40.4 Å². The molecule has 1 heterocycles. The fourth-order valence-electron chi connectivity index (χ4n) is 2.01. The Morgan fingerprint density at radius 3 is 2.84 bits per heavy atom. The van der Waals surface area contributed by atoms with Crippen molar-refractivity contribution < 1.29 is 9.53 Å². The molecule has 0 aliphatic heterocycles. The van der Waals surface area contributed by atoms with E-state index in [0.29, 0.717) is 35.5 Å². The number of rotatable bonds is 7. The zero-order valence-electron chi connectivity index (χ0n) is 14.2. The van der Waals surface area contributed by atoms with E-state index >= 15 is 0 Å². The molecular formula is C18H21BrN2O2S2. The Balaban J connectivity index is 1.96. The zero-order valence-corrected chi connectivity index (χ0v) is 17.4. The van der Waals surface area contributed by atoms with Crippen molar-refractivity contribution in [2.24, 2.45) is 5.92 Å². The molecule has 7 heteroatoms. The van der Waals surface area contributed by atoms with Gasteiger partial charge >= 0.3 is 0 Å². The number of benzene rings is 1. The molecule has 2 aromatic rings. The number of hydrogen-bond acceptors (Lipinski definition) is 4. The second kappa shape index (κ2) is 9.89. The molecule has 0 fully saturated rings. The lowest BCUT2D eigenvalue weighted by Crippen LogP contribution is -2.38. The average Bonchev–Trinajstić information content (AvgIpc) is 3.07. The molecule has 25 heavy (non-hydrogen) atoms. The van der Waals surface area contributed by atoms with Gasteiger partial charge in [-0.15, -0.1) is 11.3 Å². The summed E-state index contributed by atoms with van der Waals surface area (Å²) in [6, 6.07) is 9.38. The third kappa shape index (κ3) is 6.76. The number of nitrogens with one attached hydrogen (secondary N) is 2. The molecule has 0 aliphatic carbocycles. The van der Waals surface area contributed by atoms with Crippen LogP contribution in [0.1, 0.15) is 35.5 Å². The van der Waals surface area contributed by atoms with Crippen molar-refractivity contribution in [2.75, 3.05) is 6.61 Å². The van der Waals surface area contributed by atoms with Gasteiger partial charge in [-0.3, -0.25) is 10.1 Å². The normalized spacial score (nSPS) is 10.6. The van der Waals surface area contributed by atoms with Gasteiger partial charge in [0.05, 0.1) is 18.7 Å². The second-order valence-corrected chi connectivity index (χ2v) is 8.24. The minimum atomic E-state index is -0.287. The number of amides is 1. The first kappa shape index (κ1) is 19.9. The molecule has 1 aromatic carbocycles. The first-order valence-electron chi connectivity index (χ1n) is 7.99. The summed E-state index contributed by atoms with van der Waals surface area (Å²) >= 11 is 10.2. The van der Waals surface area contributed by atoms with E-state index in [4.69, 9.17) is 17.0 Å². The molecule has 1 amide bonds. The lowest BCUT2D eigenvalue weighted by Gasteiger charge is -2.14. The number of hydrogen-bond donors (Lipinski definition) is 2. The molecule has 1 aromatic heterocycles. The number of thiocarbonyl (C=S) groups is 1.